The molecular weight excluding hydrogens is 514 g/mol. The minimum atomic E-state index is -4.47. The van der Waals surface area contributed by atoms with Crippen LogP contribution in [0.4, 0.5) is 28.9 Å². The smallest absolute Gasteiger partial charge is 0.418 e. The van der Waals surface area contributed by atoms with Crippen molar-refractivity contribution in [1.82, 2.24) is 5.32 Å². The number of ether oxygens (including phenoxy) is 1. The second-order valence-electron chi connectivity index (χ2n) is 9.89. The molecule has 1 atom stereocenters. The molecule has 6 nitrogen and oxygen atoms in total. The van der Waals surface area contributed by atoms with Gasteiger partial charge in [0.25, 0.3) is 0 Å². The Morgan fingerprint density at radius 1 is 1.05 bits per heavy atom. The van der Waals surface area contributed by atoms with Crippen LogP contribution in [-0.2, 0) is 22.3 Å². The highest BCUT2D eigenvalue weighted by atomic mass is 19.4. The third-order valence-corrected chi connectivity index (χ3v) is 6.57. The van der Waals surface area contributed by atoms with Gasteiger partial charge < -0.3 is 26.2 Å². The number of rotatable bonds is 14. The Bertz CT molecular complexity index is 1010. The quantitative estimate of drug-likeness (QED) is 0.148. The summed E-state index contributed by atoms with van der Waals surface area (Å²) >= 11 is 0. The molecule has 0 spiro atoms. The molecule has 1 fully saturated rings. The van der Waals surface area contributed by atoms with Crippen LogP contribution >= 0.6 is 0 Å². The summed E-state index contributed by atoms with van der Waals surface area (Å²) in [4.78, 5) is 10.3. The molecule has 0 aliphatic carbocycles. The first kappa shape index (κ1) is 32.5. The second kappa shape index (κ2) is 16.4. The molecule has 39 heavy (non-hydrogen) atoms. The van der Waals surface area contributed by atoms with E-state index in [2.05, 4.69) is 17.6 Å². The number of carbonyl (C=O) groups is 1. The number of alkyl halides is 3. The van der Waals surface area contributed by atoms with E-state index >= 15 is 0 Å². The SMILES string of the molecule is CCCCCCCCCCNCc1ccc(Nc2ccccc2C(F)(F)F)cc1F.N[C@@]1(C(=O)O)CCOC1. The van der Waals surface area contributed by atoms with Crippen molar-refractivity contribution < 1.29 is 32.2 Å². The molecule has 1 aliphatic rings. The Morgan fingerprint density at radius 2 is 1.72 bits per heavy atom. The monoisotopic (exact) mass is 555 g/mol. The van der Waals surface area contributed by atoms with Crippen LogP contribution < -0.4 is 16.4 Å². The van der Waals surface area contributed by atoms with E-state index in [0.29, 0.717) is 25.1 Å². The molecule has 1 saturated heterocycles. The minimum absolute atomic E-state index is 0.0926. The van der Waals surface area contributed by atoms with Gasteiger partial charge in [-0.25, -0.2) is 4.39 Å². The highest BCUT2D eigenvalue weighted by Crippen LogP contribution is 2.36. The molecular formula is C29H41F4N3O3. The first-order valence-electron chi connectivity index (χ1n) is 13.6. The summed E-state index contributed by atoms with van der Waals surface area (Å²) in [5, 5.41) is 14.4. The van der Waals surface area contributed by atoms with Gasteiger partial charge in [-0.05, 0) is 37.2 Å². The van der Waals surface area contributed by atoms with Crippen LogP contribution in [-0.4, -0.2) is 36.4 Å². The van der Waals surface area contributed by atoms with Gasteiger partial charge in [-0.2, -0.15) is 13.2 Å². The summed E-state index contributed by atoms with van der Waals surface area (Å²) in [6.07, 6.45) is 5.89. The normalized spacial score (nSPS) is 17.0. The van der Waals surface area contributed by atoms with Crippen molar-refractivity contribution in [2.24, 2.45) is 5.73 Å². The van der Waals surface area contributed by atoms with Gasteiger partial charge in [0.05, 0.1) is 17.9 Å². The molecule has 0 amide bonds. The van der Waals surface area contributed by atoms with Crippen LogP contribution in [0.3, 0.4) is 0 Å². The lowest BCUT2D eigenvalue weighted by Gasteiger charge is -2.15. The van der Waals surface area contributed by atoms with Gasteiger partial charge in [0.2, 0.25) is 0 Å². The zero-order valence-corrected chi connectivity index (χ0v) is 22.6. The second-order valence-corrected chi connectivity index (χ2v) is 9.89. The minimum Gasteiger partial charge on any atom is -0.480 e. The van der Waals surface area contributed by atoms with E-state index in [1.54, 1.807) is 12.1 Å². The van der Waals surface area contributed by atoms with Gasteiger partial charge in [0.1, 0.15) is 11.4 Å². The number of carboxylic acids is 1. The van der Waals surface area contributed by atoms with Crippen molar-refractivity contribution >= 4 is 17.3 Å². The maximum atomic E-state index is 14.4. The summed E-state index contributed by atoms with van der Waals surface area (Å²) in [5.41, 5.74) is 4.19. The zero-order valence-electron chi connectivity index (χ0n) is 22.6. The molecule has 218 valence electrons. The van der Waals surface area contributed by atoms with E-state index in [4.69, 9.17) is 15.6 Å². The molecule has 3 rings (SSSR count). The number of nitrogens with one attached hydrogen (secondary N) is 2. The highest BCUT2D eigenvalue weighted by molar-refractivity contribution is 5.79. The Balaban J connectivity index is 0.000000499. The molecule has 0 unspecified atom stereocenters. The maximum absolute atomic E-state index is 14.4. The third-order valence-electron chi connectivity index (χ3n) is 6.57. The number of benzene rings is 2. The number of hydrogen-bond donors (Lipinski definition) is 4. The molecule has 2 aromatic carbocycles. The predicted molar refractivity (Wildman–Crippen MR) is 145 cm³/mol. The fraction of sp³-hybridized carbons (Fsp3) is 0.552. The van der Waals surface area contributed by atoms with E-state index in [9.17, 15) is 22.4 Å². The van der Waals surface area contributed by atoms with Gasteiger partial charge in [-0.1, -0.05) is 70.1 Å². The van der Waals surface area contributed by atoms with Gasteiger partial charge in [0.15, 0.2) is 0 Å². The van der Waals surface area contributed by atoms with Crippen LogP contribution in [0.1, 0.15) is 75.8 Å². The summed E-state index contributed by atoms with van der Waals surface area (Å²) in [5.74, 6) is -1.41. The molecule has 0 radical (unpaired) electrons. The number of aliphatic carboxylic acids is 1. The molecule has 1 aliphatic heterocycles. The van der Waals surface area contributed by atoms with Gasteiger partial charge >= 0.3 is 12.1 Å². The first-order chi connectivity index (χ1) is 18.6. The average molecular weight is 556 g/mol. The lowest BCUT2D eigenvalue weighted by atomic mass is 10.0. The van der Waals surface area contributed by atoms with Crippen LogP contribution in [0.5, 0.6) is 0 Å². The molecule has 0 aromatic heterocycles. The molecule has 0 saturated carbocycles. The molecule has 5 N–H and O–H groups in total. The fourth-order valence-electron chi connectivity index (χ4n) is 4.12. The van der Waals surface area contributed by atoms with Crippen LogP contribution in [0, 0.1) is 5.82 Å². The Hall–Kier alpha value is -2.69. The van der Waals surface area contributed by atoms with Crippen molar-refractivity contribution in [2.45, 2.75) is 83.0 Å². The number of hydrogen-bond acceptors (Lipinski definition) is 5. The Morgan fingerprint density at radius 3 is 2.28 bits per heavy atom. The lowest BCUT2D eigenvalue weighted by Crippen LogP contribution is -2.48. The summed E-state index contributed by atoms with van der Waals surface area (Å²) in [6.45, 7) is 4.05. The number of halogens is 4. The Labute approximate surface area is 228 Å². The molecule has 1 heterocycles. The summed E-state index contributed by atoms with van der Waals surface area (Å²) in [7, 11) is 0. The zero-order chi connectivity index (χ0) is 28.7. The number of nitrogens with two attached hydrogens (primary N) is 1. The van der Waals surface area contributed by atoms with Crippen molar-refractivity contribution in [3.05, 3.63) is 59.4 Å². The molecule has 2 aromatic rings. The highest BCUT2D eigenvalue weighted by Gasteiger charge is 2.38. The van der Waals surface area contributed by atoms with Crippen molar-refractivity contribution in [3.8, 4) is 0 Å². The van der Waals surface area contributed by atoms with E-state index in [1.165, 1.54) is 69.2 Å². The number of anilines is 2. The molecule has 10 heteroatoms. The lowest BCUT2D eigenvalue weighted by molar-refractivity contribution is -0.143. The van der Waals surface area contributed by atoms with Crippen LogP contribution in [0.25, 0.3) is 0 Å². The van der Waals surface area contributed by atoms with E-state index < -0.39 is 29.1 Å². The molecule has 0 bridgehead atoms. The van der Waals surface area contributed by atoms with E-state index in [0.717, 1.165) is 19.0 Å². The first-order valence-corrected chi connectivity index (χ1v) is 13.6. The average Bonchev–Trinajstić information content (AvgIpc) is 3.34. The van der Waals surface area contributed by atoms with Gasteiger partial charge in [0, 0.05) is 30.8 Å². The summed E-state index contributed by atoms with van der Waals surface area (Å²) < 4.78 is 58.5. The Kier molecular flexibility index (Phi) is 13.7. The van der Waals surface area contributed by atoms with Crippen LogP contribution in [0.2, 0.25) is 0 Å². The van der Waals surface area contributed by atoms with Crippen molar-refractivity contribution in [2.75, 3.05) is 25.1 Å². The topological polar surface area (TPSA) is 96.6 Å². The number of unbranched alkanes of at least 4 members (excludes halogenated alkanes) is 7. The maximum Gasteiger partial charge on any atom is 0.418 e. The van der Waals surface area contributed by atoms with Gasteiger partial charge in [-0.15, -0.1) is 0 Å². The van der Waals surface area contributed by atoms with Gasteiger partial charge in [-0.3, -0.25) is 4.79 Å². The third kappa shape index (κ3) is 11.5. The largest absolute Gasteiger partial charge is 0.480 e. The fourth-order valence-corrected chi connectivity index (χ4v) is 4.12. The van der Waals surface area contributed by atoms with Crippen molar-refractivity contribution in [1.29, 1.82) is 0 Å². The van der Waals surface area contributed by atoms with Crippen molar-refractivity contribution in [3.63, 3.8) is 0 Å². The number of para-hydroxylation sites is 1. The van der Waals surface area contributed by atoms with E-state index in [-0.39, 0.29) is 18.0 Å². The van der Waals surface area contributed by atoms with E-state index in [1.807, 2.05) is 0 Å². The summed E-state index contributed by atoms with van der Waals surface area (Å²) in [6, 6.07) is 9.62. The van der Waals surface area contributed by atoms with Crippen LogP contribution in [0.15, 0.2) is 42.5 Å². The predicted octanol–water partition coefficient (Wildman–Crippen LogP) is 7.01. The standard InChI is InChI=1S/C24H32F4N2.C5H9NO3/c1-2-3-4-5-6-7-8-11-16-29-18-19-14-15-20(17-22(19)25)30-23-13-10-9-12-21(23)24(26,27)28;6-5(4(7)8)1-2-9-3-5/h9-10,12-15,17,29-30H,2-8,11,16,18H2,1H3;1-3,6H2,(H,7,8)/t;5-/m.0/s1. The number of carboxylic acid groups (broad SMARTS) is 1.